The molecular formula is C21H34Cl4N6OS3. The number of hydrogen-bond donors (Lipinski definition) is 7. The average Bonchev–Trinajstić information content (AvgIpc) is 2.77. The highest BCUT2D eigenvalue weighted by Crippen LogP contribution is 2.20. The van der Waals surface area contributed by atoms with Crippen molar-refractivity contribution in [3.05, 3.63) is 70.8 Å². The van der Waals surface area contributed by atoms with E-state index in [0.29, 0.717) is 23.3 Å². The predicted octanol–water partition coefficient (Wildman–Crippen LogP) is 5.14. The van der Waals surface area contributed by atoms with Crippen molar-refractivity contribution in [2.45, 2.75) is 30.2 Å². The van der Waals surface area contributed by atoms with Gasteiger partial charge in [-0.05, 0) is 41.4 Å². The van der Waals surface area contributed by atoms with Crippen LogP contribution in [0.5, 0.6) is 0 Å². The van der Waals surface area contributed by atoms with Crippen LogP contribution in [-0.2, 0) is 23.3 Å². The quantitative estimate of drug-likeness (QED) is 0.100. The third kappa shape index (κ3) is 25.8. The number of aliphatic hydroxyl groups excluding tert-OH is 1. The Morgan fingerprint density at radius 2 is 1.00 bits per heavy atom. The smallest absolute Gasteiger partial charge is 0.160 e. The highest BCUT2D eigenvalue weighted by Gasteiger charge is 2.04. The summed E-state index contributed by atoms with van der Waals surface area (Å²) in [6.45, 7) is 1.93. The molecule has 2 aromatic carbocycles. The first-order valence-electron chi connectivity index (χ1n) is 9.47. The van der Waals surface area contributed by atoms with Crippen LogP contribution >= 0.6 is 83.8 Å². The number of nitrogens with two attached hydrogens (primary N) is 4. The van der Waals surface area contributed by atoms with Crippen LogP contribution in [0.15, 0.2) is 48.5 Å². The molecule has 7 nitrogen and oxygen atoms in total. The summed E-state index contributed by atoms with van der Waals surface area (Å²) in [5.41, 5.74) is 24.4. The highest BCUT2D eigenvalue weighted by atomic mass is 35.5. The third-order valence-corrected chi connectivity index (χ3v) is 5.40. The molecule has 0 saturated heterocycles. The number of thiocarbonyl (C=S) groups is 1. The highest BCUT2D eigenvalue weighted by molar-refractivity contribution is 8.13. The SMILES string of the molecule is CCO.Cl.Cl.ClCc1ccccc1CCl.N=C(N)SCc1ccccc1CSC(=N)N.NC(N)=S. The summed E-state index contributed by atoms with van der Waals surface area (Å²) in [5.74, 6) is 2.46. The summed E-state index contributed by atoms with van der Waals surface area (Å²) < 4.78 is 0. The van der Waals surface area contributed by atoms with Gasteiger partial charge in [-0.2, -0.15) is 0 Å². The summed E-state index contributed by atoms with van der Waals surface area (Å²) in [4.78, 5) is 0. The van der Waals surface area contributed by atoms with Gasteiger partial charge in [0.25, 0.3) is 0 Å². The third-order valence-electron chi connectivity index (χ3n) is 3.29. The van der Waals surface area contributed by atoms with Crippen LogP contribution in [0.1, 0.15) is 29.2 Å². The zero-order chi connectivity index (χ0) is 25.6. The number of benzene rings is 2. The van der Waals surface area contributed by atoms with Crippen LogP contribution < -0.4 is 22.9 Å². The maximum absolute atomic E-state index is 7.57. The van der Waals surface area contributed by atoms with Crippen LogP contribution in [-0.4, -0.2) is 27.2 Å². The van der Waals surface area contributed by atoms with Crippen molar-refractivity contribution in [3.8, 4) is 0 Å². The number of halogens is 4. The molecule has 2 aromatic rings. The Morgan fingerprint density at radius 3 is 1.20 bits per heavy atom. The lowest BCUT2D eigenvalue weighted by molar-refractivity contribution is 0.318. The van der Waals surface area contributed by atoms with Crippen LogP contribution in [0.3, 0.4) is 0 Å². The first kappa shape index (κ1) is 41.0. The molecule has 0 aliphatic rings. The molecule has 2 rings (SSSR count). The minimum atomic E-state index is 0. The van der Waals surface area contributed by atoms with E-state index in [-0.39, 0.29) is 46.9 Å². The lowest BCUT2D eigenvalue weighted by atomic mass is 10.1. The number of rotatable bonds is 6. The maximum Gasteiger partial charge on any atom is 0.160 e. The topological polar surface area (TPSA) is 172 Å². The van der Waals surface area contributed by atoms with Crippen molar-refractivity contribution in [1.82, 2.24) is 0 Å². The zero-order valence-corrected chi connectivity index (χ0v) is 24.8. The first-order chi connectivity index (χ1) is 15.6. The van der Waals surface area contributed by atoms with Crippen molar-refractivity contribution in [3.63, 3.8) is 0 Å². The molecule has 14 heteroatoms. The fraction of sp³-hybridized carbons (Fsp3) is 0.286. The van der Waals surface area contributed by atoms with Gasteiger partial charge in [-0.15, -0.1) is 48.0 Å². The van der Waals surface area contributed by atoms with E-state index in [0.717, 1.165) is 22.3 Å². The molecule has 0 fully saturated rings. The molecule has 11 N–H and O–H groups in total. The molecule has 0 bridgehead atoms. The van der Waals surface area contributed by atoms with E-state index >= 15 is 0 Å². The summed E-state index contributed by atoms with van der Waals surface area (Å²) in [5, 5.41) is 22.1. The van der Waals surface area contributed by atoms with Crippen molar-refractivity contribution < 1.29 is 5.11 Å². The van der Waals surface area contributed by atoms with Crippen molar-refractivity contribution in [2.24, 2.45) is 22.9 Å². The molecule has 200 valence electrons. The van der Waals surface area contributed by atoms with E-state index in [4.69, 9.17) is 50.6 Å². The Hall–Kier alpha value is -1.11. The molecule has 0 aliphatic heterocycles. The molecule has 0 amide bonds. The molecule has 0 radical (unpaired) electrons. The van der Waals surface area contributed by atoms with E-state index < -0.39 is 0 Å². The molecule has 0 saturated carbocycles. The number of hydrogen-bond acceptors (Lipinski definition) is 6. The normalized spacial score (nSPS) is 8.57. The number of alkyl halides is 2. The Kier molecular flexibility index (Phi) is 32.2. The van der Waals surface area contributed by atoms with E-state index in [9.17, 15) is 0 Å². The van der Waals surface area contributed by atoms with Gasteiger partial charge in [0.05, 0.1) is 0 Å². The van der Waals surface area contributed by atoms with Gasteiger partial charge in [-0.3, -0.25) is 10.8 Å². The van der Waals surface area contributed by atoms with Gasteiger partial charge in [0, 0.05) is 29.9 Å². The van der Waals surface area contributed by atoms with E-state index in [1.165, 1.54) is 23.5 Å². The Balaban J connectivity index is -0.000000217. The second-order valence-electron chi connectivity index (χ2n) is 5.83. The molecule has 0 unspecified atom stereocenters. The molecule has 0 heterocycles. The van der Waals surface area contributed by atoms with Crippen molar-refractivity contribution >= 4 is 99.2 Å². The van der Waals surface area contributed by atoms with E-state index in [1.807, 2.05) is 48.5 Å². The van der Waals surface area contributed by atoms with Gasteiger partial charge in [0.15, 0.2) is 15.4 Å². The van der Waals surface area contributed by atoms with Crippen molar-refractivity contribution in [1.29, 1.82) is 10.8 Å². The van der Waals surface area contributed by atoms with Gasteiger partial charge in [-0.25, -0.2) is 0 Å². The fourth-order valence-corrected chi connectivity index (χ4v) is 3.68. The minimum absolute atomic E-state index is 0. The van der Waals surface area contributed by atoms with E-state index in [2.05, 4.69) is 23.7 Å². The van der Waals surface area contributed by atoms with Gasteiger partial charge in [0.2, 0.25) is 0 Å². The van der Waals surface area contributed by atoms with Crippen LogP contribution in [0.4, 0.5) is 0 Å². The molecule has 0 aromatic heterocycles. The van der Waals surface area contributed by atoms with Gasteiger partial charge >= 0.3 is 0 Å². The standard InChI is InChI=1S/C10H14N4S2.C8H8Cl2.C2H6O.CH4N2S.2ClH/c11-9(12)15-5-7-3-1-2-4-8(7)6-16-10(13)14;9-5-7-3-1-2-4-8(7)6-10;1-2-3;2-1(3)4;;/h1-4H,5-6H2,(H3,11,12)(H3,13,14);1-4H,5-6H2;3H,2H2,1H3;(H4,2,3,4);2*1H. The number of aliphatic hydroxyl groups is 1. The minimum Gasteiger partial charge on any atom is -0.397 e. The Labute approximate surface area is 244 Å². The second kappa shape index (κ2) is 27.5. The molecule has 35 heavy (non-hydrogen) atoms. The molecule has 0 spiro atoms. The summed E-state index contributed by atoms with van der Waals surface area (Å²) in [6, 6.07) is 15.8. The van der Waals surface area contributed by atoms with E-state index in [1.54, 1.807) is 6.92 Å². The van der Waals surface area contributed by atoms with Gasteiger partial charge in [0.1, 0.15) is 0 Å². The summed E-state index contributed by atoms with van der Waals surface area (Å²) in [7, 11) is 0. The average molecular weight is 625 g/mol. The second-order valence-corrected chi connectivity index (χ2v) is 8.87. The number of amidine groups is 2. The van der Waals surface area contributed by atoms with Crippen LogP contribution in [0, 0.1) is 10.8 Å². The summed E-state index contributed by atoms with van der Waals surface area (Å²) in [6.07, 6.45) is 0. The lowest BCUT2D eigenvalue weighted by Gasteiger charge is -2.07. The molecule has 0 atom stereocenters. The number of nitrogens with one attached hydrogen (secondary N) is 2. The molecular weight excluding hydrogens is 590 g/mol. The number of thioether (sulfide) groups is 2. The Morgan fingerprint density at radius 1 is 0.771 bits per heavy atom. The fourth-order valence-electron chi connectivity index (χ4n) is 1.97. The molecule has 0 aliphatic carbocycles. The zero-order valence-electron chi connectivity index (χ0n) is 19.2. The van der Waals surface area contributed by atoms with Crippen molar-refractivity contribution in [2.75, 3.05) is 6.61 Å². The van der Waals surface area contributed by atoms with Gasteiger partial charge < -0.3 is 28.0 Å². The van der Waals surface area contributed by atoms with Crippen LogP contribution in [0.2, 0.25) is 0 Å². The monoisotopic (exact) mass is 622 g/mol. The summed E-state index contributed by atoms with van der Waals surface area (Å²) >= 11 is 18.0. The van der Waals surface area contributed by atoms with Gasteiger partial charge in [-0.1, -0.05) is 72.1 Å². The first-order valence-corrected chi connectivity index (χ1v) is 12.9. The largest absolute Gasteiger partial charge is 0.397 e. The maximum atomic E-state index is 7.57. The Bertz CT molecular complexity index is 786. The predicted molar refractivity (Wildman–Crippen MR) is 167 cm³/mol. The lowest BCUT2D eigenvalue weighted by Crippen LogP contribution is -2.18. The van der Waals surface area contributed by atoms with Crippen LogP contribution in [0.25, 0.3) is 0 Å².